The van der Waals surface area contributed by atoms with Crippen molar-refractivity contribution in [2.45, 2.75) is 19.9 Å². The van der Waals surface area contributed by atoms with Crippen molar-refractivity contribution in [2.24, 2.45) is 0 Å². The molecule has 6 heteroatoms. The number of nitrogens with zero attached hydrogens (tertiary/aromatic N) is 2. The molecule has 3 rings (SSSR count). The average molecular weight is 309 g/mol. The van der Waals surface area contributed by atoms with Crippen LogP contribution in [0.25, 0.3) is 16.6 Å². The number of amides is 1. The summed E-state index contributed by atoms with van der Waals surface area (Å²) in [7, 11) is 2.00. The molecule has 0 radical (unpaired) electrons. The van der Waals surface area contributed by atoms with Gasteiger partial charge in [0.2, 0.25) is 0 Å². The first-order chi connectivity index (χ1) is 11.0. The third-order valence-corrected chi connectivity index (χ3v) is 3.69. The van der Waals surface area contributed by atoms with Crippen LogP contribution in [-0.4, -0.2) is 29.3 Å². The van der Waals surface area contributed by atoms with E-state index < -0.39 is 5.82 Å². The van der Waals surface area contributed by atoms with E-state index in [2.05, 4.69) is 10.3 Å². The van der Waals surface area contributed by atoms with Crippen molar-refractivity contribution >= 4 is 30.1 Å². The Morgan fingerprint density at radius 2 is 2.13 bits per heavy atom. The van der Waals surface area contributed by atoms with Gasteiger partial charge >= 0.3 is 0 Å². The van der Waals surface area contributed by atoms with E-state index in [1.807, 2.05) is 38.5 Å². The van der Waals surface area contributed by atoms with Gasteiger partial charge < -0.3 is 9.88 Å². The first-order valence-electron chi connectivity index (χ1n) is 7.50. The van der Waals surface area contributed by atoms with Gasteiger partial charge in [-0.2, -0.15) is 0 Å². The van der Waals surface area contributed by atoms with Crippen LogP contribution in [0.2, 0.25) is 0 Å². The minimum atomic E-state index is -0.436. The van der Waals surface area contributed by atoms with E-state index in [1.54, 1.807) is 18.5 Å². The van der Waals surface area contributed by atoms with Gasteiger partial charge in [-0.3, -0.25) is 9.78 Å². The molecular weight excluding hydrogens is 292 g/mol. The molecule has 23 heavy (non-hydrogen) atoms. The number of hydrogen-bond acceptors (Lipinski definition) is 2. The van der Waals surface area contributed by atoms with Gasteiger partial charge in [0.05, 0.1) is 23.0 Å². The number of carbonyl (C=O) groups excluding carboxylic acids is 1. The Balaban J connectivity index is 2.21. The van der Waals surface area contributed by atoms with Gasteiger partial charge in [-0.05, 0) is 43.5 Å². The number of aromatic nitrogens is 2. The topological polar surface area (TPSA) is 46.9 Å². The molecule has 0 saturated heterocycles. The highest BCUT2D eigenvalue weighted by Gasteiger charge is 2.17. The fourth-order valence-corrected chi connectivity index (χ4v) is 2.68. The molecule has 2 aromatic heterocycles. The number of benzene rings is 1. The van der Waals surface area contributed by atoms with Gasteiger partial charge in [-0.15, -0.1) is 0 Å². The zero-order valence-corrected chi connectivity index (χ0v) is 13.3. The standard InChI is InChI=1S/C17H17BFN3O/c1-10(2)21-17(23)13-7-11(19)3-4-15(13)22-9-14(18)12-5-6-20-8-16(12)22/h3-10H,18H2,1-2H3,(H,21,23). The number of rotatable bonds is 3. The van der Waals surface area contributed by atoms with Gasteiger partial charge in [-0.25, -0.2) is 4.39 Å². The minimum Gasteiger partial charge on any atom is -0.350 e. The summed E-state index contributed by atoms with van der Waals surface area (Å²) in [5.41, 5.74) is 2.90. The molecule has 2 heterocycles. The predicted molar refractivity (Wildman–Crippen MR) is 91.8 cm³/mol. The quantitative estimate of drug-likeness (QED) is 0.747. The second-order valence-corrected chi connectivity index (χ2v) is 5.86. The van der Waals surface area contributed by atoms with Crippen LogP contribution in [0.1, 0.15) is 24.2 Å². The highest BCUT2D eigenvalue weighted by atomic mass is 19.1. The summed E-state index contributed by atoms with van der Waals surface area (Å²) in [4.78, 5) is 16.6. The summed E-state index contributed by atoms with van der Waals surface area (Å²) in [6.45, 7) is 3.74. The molecule has 0 aliphatic rings. The van der Waals surface area contributed by atoms with Gasteiger partial charge in [0.15, 0.2) is 0 Å². The molecule has 1 aromatic carbocycles. The Bertz CT molecular complexity index is 889. The number of carbonyl (C=O) groups is 1. The second-order valence-electron chi connectivity index (χ2n) is 5.86. The molecule has 1 N–H and O–H groups in total. The molecule has 0 fully saturated rings. The molecule has 0 saturated carbocycles. The van der Waals surface area contributed by atoms with E-state index in [4.69, 9.17) is 0 Å². The lowest BCUT2D eigenvalue weighted by molar-refractivity contribution is 0.0942. The van der Waals surface area contributed by atoms with Crippen molar-refractivity contribution in [1.29, 1.82) is 0 Å². The van der Waals surface area contributed by atoms with Crippen LogP contribution in [-0.2, 0) is 0 Å². The predicted octanol–water partition coefficient (Wildman–Crippen LogP) is 1.56. The summed E-state index contributed by atoms with van der Waals surface area (Å²) in [5.74, 6) is -0.730. The van der Waals surface area contributed by atoms with E-state index >= 15 is 0 Å². The molecular formula is C17H17BFN3O. The summed E-state index contributed by atoms with van der Waals surface area (Å²) in [5, 5.41) is 3.87. The fraction of sp³-hybridized carbons (Fsp3) is 0.176. The molecule has 0 bridgehead atoms. The molecule has 4 nitrogen and oxygen atoms in total. The Morgan fingerprint density at radius 1 is 1.35 bits per heavy atom. The van der Waals surface area contributed by atoms with Crippen LogP contribution < -0.4 is 10.8 Å². The van der Waals surface area contributed by atoms with Crippen molar-refractivity contribution in [2.75, 3.05) is 0 Å². The molecule has 116 valence electrons. The van der Waals surface area contributed by atoms with E-state index in [-0.39, 0.29) is 11.9 Å². The van der Waals surface area contributed by atoms with Gasteiger partial charge in [0, 0.05) is 18.4 Å². The van der Waals surface area contributed by atoms with Crippen molar-refractivity contribution in [1.82, 2.24) is 14.9 Å². The maximum absolute atomic E-state index is 13.7. The van der Waals surface area contributed by atoms with Gasteiger partial charge in [-0.1, -0.05) is 5.46 Å². The zero-order valence-electron chi connectivity index (χ0n) is 13.3. The monoisotopic (exact) mass is 309 g/mol. The summed E-state index contributed by atoms with van der Waals surface area (Å²) >= 11 is 0. The van der Waals surface area contributed by atoms with Gasteiger partial charge in [0.25, 0.3) is 5.91 Å². The van der Waals surface area contributed by atoms with E-state index in [1.165, 1.54) is 12.1 Å². The molecule has 0 unspecified atom stereocenters. The maximum Gasteiger partial charge on any atom is 0.253 e. The van der Waals surface area contributed by atoms with Crippen LogP contribution >= 0.6 is 0 Å². The van der Waals surface area contributed by atoms with Gasteiger partial charge in [0.1, 0.15) is 13.7 Å². The first-order valence-corrected chi connectivity index (χ1v) is 7.50. The minimum absolute atomic E-state index is 0.0246. The Morgan fingerprint density at radius 3 is 2.87 bits per heavy atom. The highest BCUT2D eigenvalue weighted by molar-refractivity contribution is 6.39. The van der Waals surface area contributed by atoms with Crippen molar-refractivity contribution in [3.8, 4) is 5.69 Å². The Hall–Kier alpha value is -2.63. The molecule has 0 atom stereocenters. The van der Waals surface area contributed by atoms with Crippen LogP contribution in [0.3, 0.4) is 0 Å². The average Bonchev–Trinajstić information content (AvgIpc) is 2.84. The lowest BCUT2D eigenvalue weighted by Crippen LogP contribution is -2.31. The summed E-state index contributed by atoms with van der Waals surface area (Å²) < 4.78 is 15.6. The van der Waals surface area contributed by atoms with Crippen molar-refractivity contribution in [3.63, 3.8) is 0 Å². The number of nitrogens with one attached hydrogen (secondary N) is 1. The summed E-state index contributed by atoms with van der Waals surface area (Å²) in [6, 6.07) is 6.15. The van der Waals surface area contributed by atoms with Crippen molar-refractivity contribution in [3.05, 3.63) is 54.2 Å². The van der Waals surface area contributed by atoms with E-state index in [0.717, 1.165) is 16.4 Å². The number of fused-ring (bicyclic) bond motifs is 1. The Kier molecular flexibility index (Phi) is 3.90. The van der Waals surface area contributed by atoms with Crippen LogP contribution in [0.5, 0.6) is 0 Å². The number of halogens is 1. The van der Waals surface area contributed by atoms with E-state index in [0.29, 0.717) is 11.3 Å². The molecule has 1 amide bonds. The highest BCUT2D eigenvalue weighted by Crippen LogP contribution is 2.22. The fourth-order valence-electron chi connectivity index (χ4n) is 2.68. The van der Waals surface area contributed by atoms with E-state index in [9.17, 15) is 9.18 Å². The largest absolute Gasteiger partial charge is 0.350 e. The molecule has 0 aliphatic heterocycles. The normalized spacial score (nSPS) is 11.1. The molecule has 0 aliphatic carbocycles. The third-order valence-electron chi connectivity index (χ3n) is 3.69. The maximum atomic E-state index is 13.7. The summed E-state index contributed by atoms with van der Waals surface area (Å²) in [6.07, 6.45) is 5.41. The first kappa shape index (κ1) is 15.3. The van der Waals surface area contributed by atoms with Crippen LogP contribution in [0.15, 0.2) is 42.9 Å². The number of pyridine rings is 1. The Labute approximate surface area is 134 Å². The zero-order chi connectivity index (χ0) is 16.6. The van der Waals surface area contributed by atoms with Crippen LogP contribution in [0.4, 0.5) is 4.39 Å². The molecule has 0 spiro atoms. The SMILES string of the molecule is Bc1cn(-c2ccc(F)cc2C(=O)NC(C)C)c2cnccc12. The van der Waals surface area contributed by atoms with Crippen LogP contribution in [0, 0.1) is 5.82 Å². The second kappa shape index (κ2) is 5.87. The lowest BCUT2D eigenvalue weighted by Gasteiger charge is -2.14. The lowest BCUT2D eigenvalue weighted by atomic mass is 9.97. The van der Waals surface area contributed by atoms with Crippen molar-refractivity contribution < 1.29 is 9.18 Å². The number of hydrogen-bond donors (Lipinski definition) is 1. The third kappa shape index (κ3) is 2.84. The smallest absolute Gasteiger partial charge is 0.253 e. The molecule has 3 aromatic rings.